The van der Waals surface area contributed by atoms with Crippen LogP contribution in [0.3, 0.4) is 0 Å². The molecule has 3 aromatic heterocycles. The van der Waals surface area contributed by atoms with Gasteiger partial charge in [-0.15, -0.1) is 11.3 Å². The lowest BCUT2D eigenvalue weighted by molar-refractivity contribution is -0.164. The average Bonchev–Trinajstić information content (AvgIpc) is 3.59. The fraction of sp³-hybridized carbons (Fsp3) is 0.515. The average molecular weight is 608 g/mol. The van der Waals surface area contributed by atoms with E-state index in [1.165, 1.54) is 24.0 Å². The van der Waals surface area contributed by atoms with E-state index in [1.807, 2.05) is 37.3 Å². The van der Waals surface area contributed by atoms with Crippen LogP contribution in [-0.2, 0) is 26.4 Å². The van der Waals surface area contributed by atoms with Crippen LogP contribution in [0, 0.1) is 12.8 Å². The lowest BCUT2D eigenvalue weighted by atomic mass is 9.87. The Morgan fingerprint density at radius 1 is 1.12 bits per heavy atom. The summed E-state index contributed by atoms with van der Waals surface area (Å²) in [6.07, 6.45) is 6.92. The van der Waals surface area contributed by atoms with Gasteiger partial charge in [-0.3, -0.25) is 9.36 Å². The lowest BCUT2D eigenvalue weighted by Crippen LogP contribution is -2.54. The number of fused-ring (bicyclic) bond motifs is 1. The molecule has 1 fully saturated rings. The molecule has 0 aliphatic heterocycles. The number of ether oxygens (including phenoxy) is 2. The first-order valence-corrected chi connectivity index (χ1v) is 15.7. The van der Waals surface area contributed by atoms with Crippen LogP contribution in [0.4, 0.5) is 0 Å². The summed E-state index contributed by atoms with van der Waals surface area (Å²) < 4.78 is 20.7. The Labute approximate surface area is 255 Å². The molecule has 4 aromatic rings. The minimum absolute atomic E-state index is 0.0437. The standard InChI is InChI=1S/C33H41N3O6S/c1-20-13-11-12-16-23(20)41-24(22-14-9-8-10-15-22)19-35-29-25(21(2)26(43-29)27-34-17-18-40-27)28(37)36(31(35)39)33(6,7)30(38)42-32(3,4)5/h8-10,14-15,17-18,20,23-24H,11-13,16,19H2,1-7H3/t20-,23-,24?/m0/s1. The molecular weight excluding hydrogens is 566 g/mol. The lowest BCUT2D eigenvalue weighted by Gasteiger charge is -2.33. The number of aryl methyl sites for hydroxylation is 1. The number of hydrogen-bond acceptors (Lipinski definition) is 8. The Bertz CT molecular complexity index is 1710. The predicted molar refractivity (Wildman–Crippen MR) is 167 cm³/mol. The van der Waals surface area contributed by atoms with Gasteiger partial charge in [-0.2, -0.15) is 0 Å². The van der Waals surface area contributed by atoms with Crippen molar-refractivity contribution in [3.05, 3.63) is 74.8 Å². The van der Waals surface area contributed by atoms with Gasteiger partial charge in [0.05, 0.1) is 29.1 Å². The molecule has 1 saturated carbocycles. The number of rotatable bonds is 8. The third-order valence-electron chi connectivity index (χ3n) is 8.19. The Morgan fingerprint density at radius 3 is 2.44 bits per heavy atom. The summed E-state index contributed by atoms with van der Waals surface area (Å²) in [5, 5.41) is 0.340. The van der Waals surface area contributed by atoms with Crippen LogP contribution < -0.4 is 11.2 Å². The first-order valence-electron chi connectivity index (χ1n) is 14.9. The number of thiophene rings is 1. The van der Waals surface area contributed by atoms with Crippen LogP contribution in [0.1, 0.15) is 84.5 Å². The maximum atomic E-state index is 14.5. The molecule has 3 heterocycles. The molecule has 1 aliphatic carbocycles. The minimum atomic E-state index is -1.59. The summed E-state index contributed by atoms with van der Waals surface area (Å²) in [4.78, 5) is 47.6. The van der Waals surface area contributed by atoms with Gasteiger partial charge in [0.2, 0.25) is 5.89 Å². The maximum absolute atomic E-state index is 14.5. The molecule has 0 radical (unpaired) electrons. The second kappa shape index (κ2) is 11.9. The fourth-order valence-electron chi connectivity index (χ4n) is 5.79. The Kier molecular flexibility index (Phi) is 8.55. The Balaban J connectivity index is 1.73. The van der Waals surface area contributed by atoms with Gasteiger partial charge in [0, 0.05) is 0 Å². The molecule has 9 nitrogen and oxygen atoms in total. The van der Waals surface area contributed by atoms with Crippen LogP contribution in [0.5, 0.6) is 0 Å². The number of carbonyl (C=O) groups excluding carboxylic acids is 1. The smallest absolute Gasteiger partial charge is 0.333 e. The molecule has 5 rings (SSSR count). The van der Waals surface area contributed by atoms with Crippen molar-refractivity contribution < 1.29 is 18.7 Å². The molecule has 10 heteroatoms. The third-order valence-corrected chi connectivity index (χ3v) is 9.49. The van der Waals surface area contributed by atoms with E-state index < -0.39 is 34.5 Å². The van der Waals surface area contributed by atoms with Gasteiger partial charge in [-0.1, -0.05) is 50.1 Å². The zero-order chi connectivity index (χ0) is 31.1. The number of hydrogen-bond donors (Lipinski definition) is 0. The SMILES string of the molecule is Cc1c(-c2ncco2)sc2c1c(=O)n(C(C)(C)C(=O)OC(C)(C)C)c(=O)n2CC(O[C@H]1CCCC[C@@H]1C)c1ccccc1. The number of aromatic nitrogens is 3. The van der Waals surface area contributed by atoms with E-state index in [9.17, 15) is 14.4 Å². The van der Waals surface area contributed by atoms with E-state index in [0.29, 0.717) is 32.5 Å². The molecule has 0 spiro atoms. The topological polar surface area (TPSA) is 106 Å². The largest absolute Gasteiger partial charge is 0.458 e. The monoisotopic (exact) mass is 607 g/mol. The van der Waals surface area contributed by atoms with Crippen LogP contribution in [0.25, 0.3) is 21.0 Å². The van der Waals surface area contributed by atoms with Crippen molar-refractivity contribution in [3.8, 4) is 10.8 Å². The van der Waals surface area contributed by atoms with E-state index in [0.717, 1.165) is 29.4 Å². The number of nitrogens with zero attached hydrogens (tertiary/aromatic N) is 3. The highest BCUT2D eigenvalue weighted by atomic mass is 32.1. The normalized spacial score (nSPS) is 18.6. The van der Waals surface area contributed by atoms with Crippen LogP contribution in [0.15, 0.2) is 56.8 Å². The van der Waals surface area contributed by atoms with Crippen molar-refractivity contribution in [1.29, 1.82) is 0 Å². The van der Waals surface area contributed by atoms with E-state index >= 15 is 0 Å². The van der Waals surface area contributed by atoms with Crippen LogP contribution in [-0.4, -0.2) is 31.8 Å². The molecule has 1 aromatic carbocycles. The molecule has 3 atom stereocenters. The van der Waals surface area contributed by atoms with E-state index in [2.05, 4.69) is 11.9 Å². The summed E-state index contributed by atoms with van der Waals surface area (Å²) in [6, 6.07) is 9.86. The number of carbonyl (C=O) groups is 1. The molecule has 1 unspecified atom stereocenters. The number of esters is 1. The third kappa shape index (κ3) is 6.13. The van der Waals surface area contributed by atoms with Crippen LogP contribution >= 0.6 is 11.3 Å². The molecule has 0 saturated heterocycles. The highest BCUT2D eigenvalue weighted by Crippen LogP contribution is 2.37. The summed E-state index contributed by atoms with van der Waals surface area (Å²) >= 11 is 1.28. The van der Waals surface area contributed by atoms with Crippen LogP contribution in [0.2, 0.25) is 0 Å². The zero-order valence-electron chi connectivity index (χ0n) is 26.0. The first-order chi connectivity index (χ1) is 20.3. The highest BCUT2D eigenvalue weighted by molar-refractivity contribution is 7.22. The van der Waals surface area contributed by atoms with Gasteiger partial charge in [0.25, 0.3) is 5.56 Å². The Hall–Kier alpha value is -3.50. The molecule has 0 amide bonds. The van der Waals surface area contributed by atoms with E-state index in [-0.39, 0.29) is 12.6 Å². The molecule has 230 valence electrons. The van der Waals surface area contributed by atoms with Crippen molar-refractivity contribution in [1.82, 2.24) is 14.1 Å². The summed E-state index contributed by atoms with van der Waals surface area (Å²) in [5.41, 5.74) is -1.98. The van der Waals surface area contributed by atoms with E-state index in [4.69, 9.17) is 13.9 Å². The zero-order valence-corrected chi connectivity index (χ0v) is 26.8. The van der Waals surface area contributed by atoms with Crippen molar-refractivity contribution in [2.75, 3.05) is 0 Å². The summed E-state index contributed by atoms with van der Waals surface area (Å²) in [6.45, 7) is 12.5. The summed E-state index contributed by atoms with van der Waals surface area (Å²) in [5.74, 6) is 0.0807. The molecular formula is C33H41N3O6S. The Morgan fingerprint density at radius 2 is 1.81 bits per heavy atom. The summed E-state index contributed by atoms with van der Waals surface area (Å²) in [7, 11) is 0. The van der Waals surface area contributed by atoms with Crippen molar-refractivity contribution in [2.45, 2.75) is 104 Å². The van der Waals surface area contributed by atoms with Gasteiger partial charge < -0.3 is 13.9 Å². The van der Waals surface area contributed by atoms with Gasteiger partial charge in [-0.05, 0) is 71.4 Å². The fourth-order valence-corrected chi connectivity index (χ4v) is 7.03. The first kappa shape index (κ1) is 30.9. The van der Waals surface area contributed by atoms with Crippen molar-refractivity contribution in [3.63, 3.8) is 0 Å². The quantitative estimate of drug-likeness (QED) is 0.208. The minimum Gasteiger partial charge on any atom is -0.458 e. The second-order valence-electron chi connectivity index (χ2n) is 13.0. The highest BCUT2D eigenvalue weighted by Gasteiger charge is 2.39. The van der Waals surface area contributed by atoms with Gasteiger partial charge in [0.1, 0.15) is 28.3 Å². The van der Waals surface area contributed by atoms with Crippen molar-refractivity contribution >= 4 is 27.5 Å². The van der Waals surface area contributed by atoms with Gasteiger partial charge >= 0.3 is 11.7 Å². The van der Waals surface area contributed by atoms with Crippen molar-refractivity contribution in [2.24, 2.45) is 5.92 Å². The molecule has 0 bridgehead atoms. The van der Waals surface area contributed by atoms with Gasteiger partial charge in [0.15, 0.2) is 0 Å². The number of benzene rings is 1. The second-order valence-corrected chi connectivity index (χ2v) is 14.0. The van der Waals surface area contributed by atoms with E-state index in [1.54, 1.807) is 45.4 Å². The van der Waals surface area contributed by atoms with Gasteiger partial charge in [-0.25, -0.2) is 19.1 Å². The molecule has 1 aliphatic rings. The number of oxazole rings is 1. The molecule has 43 heavy (non-hydrogen) atoms. The maximum Gasteiger partial charge on any atom is 0.333 e. The molecule has 0 N–H and O–H groups in total. The predicted octanol–water partition coefficient (Wildman–Crippen LogP) is 6.60.